The lowest BCUT2D eigenvalue weighted by molar-refractivity contribution is 0.0941. The Hall–Kier alpha value is -2.63. The Morgan fingerprint density at radius 2 is 2.26 bits per heavy atom. The molecule has 0 aliphatic heterocycles. The van der Waals surface area contributed by atoms with E-state index >= 15 is 0 Å². The van der Waals surface area contributed by atoms with Crippen LogP contribution in [0, 0.1) is 6.92 Å². The minimum atomic E-state index is -0.280. The Labute approximate surface area is 108 Å². The van der Waals surface area contributed by atoms with Crippen LogP contribution in [0.25, 0.3) is 11.0 Å². The van der Waals surface area contributed by atoms with Crippen LogP contribution in [0.5, 0.6) is 0 Å². The lowest BCUT2D eigenvalue weighted by Gasteiger charge is -1.98. The van der Waals surface area contributed by atoms with E-state index in [0.29, 0.717) is 18.1 Å². The van der Waals surface area contributed by atoms with Crippen molar-refractivity contribution < 1.29 is 9.32 Å². The van der Waals surface area contributed by atoms with Crippen LogP contribution in [-0.2, 0) is 6.54 Å². The fourth-order valence-corrected chi connectivity index (χ4v) is 1.82. The molecule has 0 aliphatic carbocycles. The van der Waals surface area contributed by atoms with Crippen molar-refractivity contribution in [3.8, 4) is 0 Å². The van der Waals surface area contributed by atoms with Crippen molar-refractivity contribution in [2.75, 3.05) is 0 Å². The van der Waals surface area contributed by atoms with E-state index < -0.39 is 0 Å². The maximum Gasteiger partial charge on any atom is 0.273 e. The van der Waals surface area contributed by atoms with Gasteiger partial charge in [-0.05, 0) is 19.1 Å². The first-order chi connectivity index (χ1) is 9.22. The van der Waals surface area contributed by atoms with Gasteiger partial charge in [-0.2, -0.15) is 0 Å². The molecule has 0 saturated heterocycles. The first kappa shape index (κ1) is 11.5. The summed E-state index contributed by atoms with van der Waals surface area (Å²) in [6, 6.07) is 9.30. The fraction of sp³-hybridized carbons (Fsp3) is 0.154. The molecule has 6 heteroatoms. The Bertz CT molecular complexity index is 696. The summed E-state index contributed by atoms with van der Waals surface area (Å²) in [7, 11) is 0. The van der Waals surface area contributed by atoms with Crippen molar-refractivity contribution in [2.24, 2.45) is 0 Å². The van der Waals surface area contributed by atoms with Gasteiger partial charge in [0, 0.05) is 6.07 Å². The number of hydrogen-bond acceptors (Lipinski definition) is 4. The fourth-order valence-electron chi connectivity index (χ4n) is 1.82. The van der Waals surface area contributed by atoms with E-state index in [9.17, 15) is 4.79 Å². The molecule has 1 aromatic carbocycles. The summed E-state index contributed by atoms with van der Waals surface area (Å²) in [4.78, 5) is 19.3. The van der Waals surface area contributed by atoms with E-state index in [1.165, 1.54) is 0 Å². The Kier molecular flexibility index (Phi) is 2.75. The van der Waals surface area contributed by atoms with Gasteiger partial charge in [-0.1, -0.05) is 17.3 Å². The highest BCUT2D eigenvalue weighted by atomic mass is 16.5. The molecule has 96 valence electrons. The Morgan fingerprint density at radius 1 is 1.42 bits per heavy atom. The number of aryl methyl sites for hydroxylation is 1. The van der Waals surface area contributed by atoms with Crippen LogP contribution in [0.2, 0.25) is 0 Å². The van der Waals surface area contributed by atoms with Crippen molar-refractivity contribution in [1.82, 2.24) is 20.4 Å². The molecule has 1 amide bonds. The van der Waals surface area contributed by atoms with Crippen LogP contribution >= 0.6 is 0 Å². The second kappa shape index (κ2) is 4.56. The van der Waals surface area contributed by atoms with Crippen LogP contribution in [0.3, 0.4) is 0 Å². The molecule has 3 rings (SSSR count). The van der Waals surface area contributed by atoms with Gasteiger partial charge < -0.3 is 14.8 Å². The van der Waals surface area contributed by atoms with Crippen molar-refractivity contribution in [3.05, 3.63) is 47.6 Å². The molecule has 0 unspecified atom stereocenters. The smallest absolute Gasteiger partial charge is 0.273 e. The first-order valence-corrected chi connectivity index (χ1v) is 5.87. The molecule has 0 bridgehead atoms. The van der Waals surface area contributed by atoms with Crippen LogP contribution in [0.1, 0.15) is 22.1 Å². The largest absolute Gasteiger partial charge is 0.361 e. The third-order valence-corrected chi connectivity index (χ3v) is 2.72. The minimum Gasteiger partial charge on any atom is -0.361 e. The minimum absolute atomic E-state index is 0.272. The van der Waals surface area contributed by atoms with Crippen LogP contribution in [-0.4, -0.2) is 21.0 Å². The number of hydrogen-bond donors (Lipinski definition) is 2. The summed E-state index contributed by atoms with van der Waals surface area (Å²) < 4.78 is 4.85. The molecule has 0 aliphatic rings. The molecule has 2 aromatic heterocycles. The highest BCUT2D eigenvalue weighted by Crippen LogP contribution is 2.10. The van der Waals surface area contributed by atoms with Gasteiger partial charge in [0.05, 0.1) is 17.6 Å². The van der Waals surface area contributed by atoms with Crippen molar-refractivity contribution in [1.29, 1.82) is 0 Å². The average Bonchev–Trinajstić information content (AvgIpc) is 3.01. The highest BCUT2D eigenvalue weighted by Gasteiger charge is 2.11. The van der Waals surface area contributed by atoms with Gasteiger partial charge in [-0.25, -0.2) is 4.98 Å². The predicted octanol–water partition coefficient (Wildman–Crippen LogP) is 1.79. The number of fused-ring (bicyclic) bond motifs is 1. The standard InChI is InChI=1S/C13H12N4O2/c1-8-6-11(17-19-8)13(18)14-7-12-15-9-4-2-3-5-10(9)16-12/h2-6H,7H2,1H3,(H,14,18)(H,15,16). The molecule has 3 aromatic rings. The molecular weight excluding hydrogens is 244 g/mol. The van der Waals surface area contributed by atoms with E-state index in [0.717, 1.165) is 11.0 Å². The summed E-state index contributed by atoms with van der Waals surface area (Å²) in [6.45, 7) is 2.06. The number of nitrogens with zero attached hydrogens (tertiary/aromatic N) is 2. The van der Waals surface area contributed by atoms with Gasteiger partial charge in [0.15, 0.2) is 5.69 Å². The monoisotopic (exact) mass is 256 g/mol. The summed E-state index contributed by atoms with van der Waals surface area (Å²) in [5.74, 6) is 1.03. The number of nitrogens with one attached hydrogen (secondary N) is 2. The Balaban J connectivity index is 1.70. The van der Waals surface area contributed by atoms with Gasteiger partial charge in [0.25, 0.3) is 5.91 Å². The van der Waals surface area contributed by atoms with E-state index in [2.05, 4.69) is 20.4 Å². The van der Waals surface area contributed by atoms with E-state index in [1.54, 1.807) is 13.0 Å². The van der Waals surface area contributed by atoms with Gasteiger partial charge in [-0.3, -0.25) is 4.79 Å². The summed E-state index contributed by atoms with van der Waals surface area (Å²) in [6.07, 6.45) is 0. The van der Waals surface area contributed by atoms with E-state index in [-0.39, 0.29) is 11.6 Å². The molecule has 2 N–H and O–H groups in total. The van der Waals surface area contributed by atoms with Crippen molar-refractivity contribution in [2.45, 2.75) is 13.5 Å². The first-order valence-electron chi connectivity index (χ1n) is 5.87. The molecule has 0 atom stereocenters. The Morgan fingerprint density at radius 3 is 3.00 bits per heavy atom. The lowest BCUT2D eigenvalue weighted by atomic mass is 10.3. The molecule has 0 spiro atoms. The second-order valence-electron chi connectivity index (χ2n) is 4.21. The van der Waals surface area contributed by atoms with Crippen LogP contribution in [0.4, 0.5) is 0 Å². The molecule has 19 heavy (non-hydrogen) atoms. The number of para-hydroxylation sites is 2. The summed E-state index contributed by atoms with van der Waals surface area (Å²) in [5.41, 5.74) is 2.10. The maximum atomic E-state index is 11.8. The van der Waals surface area contributed by atoms with Crippen molar-refractivity contribution >= 4 is 16.9 Å². The molecule has 0 fully saturated rings. The number of benzene rings is 1. The number of H-pyrrole nitrogens is 1. The number of carbonyl (C=O) groups is 1. The zero-order valence-corrected chi connectivity index (χ0v) is 10.3. The van der Waals surface area contributed by atoms with Gasteiger partial charge >= 0.3 is 0 Å². The third-order valence-electron chi connectivity index (χ3n) is 2.72. The van der Waals surface area contributed by atoms with Crippen LogP contribution in [0.15, 0.2) is 34.9 Å². The number of aromatic nitrogens is 3. The van der Waals surface area contributed by atoms with E-state index in [4.69, 9.17) is 4.52 Å². The zero-order chi connectivity index (χ0) is 13.2. The SMILES string of the molecule is Cc1cc(C(=O)NCc2nc3ccccc3[nH]2)no1. The number of carbonyl (C=O) groups excluding carboxylic acids is 1. The molecule has 2 heterocycles. The number of imidazole rings is 1. The predicted molar refractivity (Wildman–Crippen MR) is 68.5 cm³/mol. The topological polar surface area (TPSA) is 83.8 Å². The third kappa shape index (κ3) is 2.33. The quantitative estimate of drug-likeness (QED) is 0.748. The van der Waals surface area contributed by atoms with Crippen LogP contribution < -0.4 is 5.32 Å². The van der Waals surface area contributed by atoms with E-state index in [1.807, 2.05) is 24.3 Å². The molecule has 6 nitrogen and oxygen atoms in total. The highest BCUT2D eigenvalue weighted by molar-refractivity contribution is 5.92. The zero-order valence-electron chi connectivity index (χ0n) is 10.3. The molecular formula is C13H12N4O2. The summed E-state index contributed by atoms with van der Waals surface area (Å²) >= 11 is 0. The second-order valence-corrected chi connectivity index (χ2v) is 4.21. The summed E-state index contributed by atoms with van der Waals surface area (Å²) in [5, 5.41) is 6.39. The molecule has 0 radical (unpaired) electrons. The number of rotatable bonds is 3. The van der Waals surface area contributed by atoms with Gasteiger partial charge in [0.2, 0.25) is 0 Å². The average molecular weight is 256 g/mol. The normalized spacial score (nSPS) is 10.8. The van der Waals surface area contributed by atoms with Gasteiger partial charge in [-0.15, -0.1) is 0 Å². The maximum absolute atomic E-state index is 11.8. The molecule has 0 saturated carbocycles. The lowest BCUT2D eigenvalue weighted by Crippen LogP contribution is -2.23. The number of amides is 1. The van der Waals surface area contributed by atoms with Gasteiger partial charge in [0.1, 0.15) is 11.6 Å². The number of aromatic amines is 1. The van der Waals surface area contributed by atoms with Crippen molar-refractivity contribution in [3.63, 3.8) is 0 Å².